The zero-order valence-electron chi connectivity index (χ0n) is 14.1. The van der Waals surface area contributed by atoms with Gasteiger partial charge in [-0.2, -0.15) is 0 Å². The highest BCUT2D eigenvalue weighted by Gasteiger charge is 2.17. The number of carbonyl (C=O) groups is 2. The first-order chi connectivity index (χ1) is 12.7. The molecule has 6 heteroatoms. The van der Waals surface area contributed by atoms with E-state index in [1.807, 2.05) is 17.5 Å². The zero-order chi connectivity index (χ0) is 17.9. The molecule has 132 valence electrons. The van der Waals surface area contributed by atoms with E-state index in [9.17, 15) is 9.59 Å². The first-order valence-corrected chi connectivity index (χ1v) is 10.3. The van der Waals surface area contributed by atoms with E-state index in [0.717, 1.165) is 23.4 Å². The summed E-state index contributed by atoms with van der Waals surface area (Å²) in [6, 6.07) is 12.9. The molecular weight excluding hydrogens is 364 g/mol. The number of carbonyl (C=O) groups excluding carboxylic acids is 2. The minimum Gasteiger partial charge on any atom is -0.321 e. The molecule has 0 fully saturated rings. The maximum absolute atomic E-state index is 12.5. The topological polar surface area (TPSA) is 58.2 Å². The average Bonchev–Trinajstić information content (AvgIpc) is 3.33. The number of benzene rings is 1. The van der Waals surface area contributed by atoms with E-state index in [2.05, 4.69) is 10.6 Å². The Hall–Kier alpha value is -2.44. The molecule has 0 bridgehead atoms. The predicted molar refractivity (Wildman–Crippen MR) is 108 cm³/mol. The van der Waals surface area contributed by atoms with Crippen molar-refractivity contribution in [2.45, 2.75) is 25.7 Å². The Kier molecular flexibility index (Phi) is 4.86. The molecule has 0 aliphatic heterocycles. The monoisotopic (exact) mass is 382 g/mol. The van der Waals surface area contributed by atoms with Crippen molar-refractivity contribution in [1.82, 2.24) is 0 Å². The van der Waals surface area contributed by atoms with Gasteiger partial charge in [0.15, 0.2) is 0 Å². The van der Waals surface area contributed by atoms with Crippen LogP contribution in [0.4, 0.5) is 11.4 Å². The molecule has 3 aromatic rings. The van der Waals surface area contributed by atoms with Crippen LogP contribution in [0.5, 0.6) is 0 Å². The number of nitrogens with one attached hydrogen (secondary N) is 2. The molecule has 0 radical (unpaired) electrons. The fourth-order valence-electron chi connectivity index (χ4n) is 3.03. The fourth-order valence-corrected chi connectivity index (χ4v) is 4.80. The minimum absolute atomic E-state index is 0.0697. The minimum atomic E-state index is -0.124. The molecule has 1 aliphatic rings. The molecule has 0 spiro atoms. The second-order valence-corrected chi connectivity index (χ2v) is 8.31. The number of rotatable bonds is 4. The van der Waals surface area contributed by atoms with Crippen molar-refractivity contribution >= 4 is 45.9 Å². The number of aryl methyl sites for hydroxylation is 2. The molecule has 1 aromatic carbocycles. The van der Waals surface area contributed by atoms with E-state index in [0.29, 0.717) is 10.6 Å². The lowest BCUT2D eigenvalue weighted by molar-refractivity contribution is 0.102. The van der Waals surface area contributed by atoms with Crippen molar-refractivity contribution in [3.05, 3.63) is 68.0 Å². The summed E-state index contributed by atoms with van der Waals surface area (Å²) >= 11 is 3.01. The lowest BCUT2D eigenvalue weighted by atomic mass is 9.99. The molecule has 0 unspecified atom stereocenters. The van der Waals surface area contributed by atoms with E-state index in [4.69, 9.17) is 0 Å². The Morgan fingerprint density at radius 1 is 0.846 bits per heavy atom. The van der Waals surface area contributed by atoms with Crippen LogP contribution in [0.1, 0.15) is 42.6 Å². The third-order valence-electron chi connectivity index (χ3n) is 4.37. The Balaban J connectivity index is 1.40. The van der Waals surface area contributed by atoms with Gasteiger partial charge in [0.25, 0.3) is 11.8 Å². The maximum atomic E-state index is 12.5. The summed E-state index contributed by atoms with van der Waals surface area (Å²) in [5.41, 5.74) is 2.75. The number of fused-ring (bicyclic) bond motifs is 1. The van der Waals surface area contributed by atoms with Crippen LogP contribution < -0.4 is 10.6 Å². The molecule has 0 atom stereocenters. The Labute approximate surface area is 159 Å². The normalized spacial score (nSPS) is 13.1. The maximum Gasteiger partial charge on any atom is 0.265 e. The van der Waals surface area contributed by atoms with E-state index in [-0.39, 0.29) is 11.8 Å². The number of thiophene rings is 2. The molecule has 2 aromatic heterocycles. The summed E-state index contributed by atoms with van der Waals surface area (Å²) in [7, 11) is 0. The van der Waals surface area contributed by atoms with E-state index in [1.165, 1.54) is 34.6 Å². The van der Waals surface area contributed by atoms with Crippen molar-refractivity contribution < 1.29 is 9.59 Å². The Morgan fingerprint density at radius 3 is 2.12 bits per heavy atom. The molecule has 26 heavy (non-hydrogen) atoms. The Morgan fingerprint density at radius 2 is 1.50 bits per heavy atom. The van der Waals surface area contributed by atoms with Gasteiger partial charge in [0.05, 0.1) is 9.75 Å². The molecule has 4 rings (SSSR count). The van der Waals surface area contributed by atoms with Gasteiger partial charge in [0, 0.05) is 16.3 Å². The van der Waals surface area contributed by atoms with Crippen LogP contribution in [0.25, 0.3) is 0 Å². The summed E-state index contributed by atoms with van der Waals surface area (Å²) in [6.45, 7) is 0. The van der Waals surface area contributed by atoms with Crippen LogP contribution in [0.15, 0.2) is 47.8 Å². The van der Waals surface area contributed by atoms with Gasteiger partial charge in [-0.3, -0.25) is 9.59 Å². The summed E-state index contributed by atoms with van der Waals surface area (Å²) in [6.07, 6.45) is 4.60. The molecule has 0 saturated heterocycles. The summed E-state index contributed by atoms with van der Waals surface area (Å²) in [4.78, 5) is 27.3. The van der Waals surface area contributed by atoms with Gasteiger partial charge in [-0.15, -0.1) is 22.7 Å². The highest BCUT2D eigenvalue weighted by molar-refractivity contribution is 7.14. The predicted octanol–water partition coefficient (Wildman–Crippen LogP) is 5.19. The van der Waals surface area contributed by atoms with Crippen molar-refractivity contribution in [2.24, 2.45) is 0 Å². The molecular formula is C20H18N2O2S2. The van der Waals surface area contributed by atoms with Crippen LogP contribution in [0.3, 0.4) is 0 Å². The molecule has 4 nitrogen and oxygen atoms in total. The number of amides is 2. The van der Waals surface area contributed by atoms with Gasteiger partial charge < -0.3 is 10.6 Å². The second kappa shape index (κ2) is 7.43. The third-order valence-corrected chi connectivity index (χ3v) is 6.47. The number of anilines is 2. The SMILES string of the molecule is O=C(Nc1ccc(NC(=O)c2cc3c(s2)CCCC3)cc1)c1cccs1. The van der Waals surface area contributed by atoms with Gasteiger partial charge >= 0.3 is 0 Å². The molecule has 2 N–H and O–H groups in total. The van der Waals surface area contributed by atoms with Crippen molar-refractivity contribution in [2.75, 3.05) is 10.6 Å². The second-order valence-electron chi connectivity index (χ2n) is 6.23. The highest BCUT2D eigenvalue weighted by Crippen LogP contribution is 2.30. The fraction of sp³-hybridized carbons (Fsp3) is 0.200. The first-order valence-electron chi connectivity index (χ1n) is 8.57. The quantitative estimate of drug-likeness (QED) is 0.652. The Bertz CT molecular complexity index is 904. The van der Waals surface area contributed by atoms with Crippen LogP contribution in [-0.2, 0) is 12.8 Å². The third kappa shape index (κ3) is 3.71. The van der Waals surface area contributed by atoms with Crippen molar-refractivity contribution in [3.63, 3.8) is 0 Å². The summed E-state index contributed by atoms with van der Waals surface area (Å²) < 4.78 is 0. The highest BCUT2D eigenvalue weighted by atomic mass is 32.1. The van der Waals surface area contributed by atoms with Crippen molar-refractivity contribution in [3.8, 4) is 0 Å². The smallest absolute Gasteiger partial charge is 0.265 e. The van der Waals surface area contributed by atoms with Gasteiger partial charge in [0.1, 0.15) is 0 Å². The zero-order valence-corrected chi connectivity index (χ0v) is 15.7. The molecule has 2 amide bonds. The standard InChI is InChI=1S/C20H18N2O2S2/c23-19(17-6-3-11-25-17)21-14-7-9-15(10-8-14)22-20(24)18-12-13-4-1-2-5-16(13)26-18/h3,6-12H,1-2,4-5H2,(H,21,23)(H,22,24). The van der Waals surface area contributed by atoms with E-state index < -0.39 is 0 Å². The largest absolute Gasteiger partial charge is 0.321 e. The van der Waals surface area contributed by atoms with Crippen LogP contribution in [0.2, 0.25) is 0 Å². The lowest BCUT2D eigenvalue weighted by Crippen LogP contribution is -2.11. The first kappa shape index (κ1) is 17.0. The van der Waals surface area contributed by atoms with Gasteiger partial charge in [-0.1, -0.05) is 6.07 Å². The van der Waals surface area contributed by atoms with Crippen LogP contribution >= 0.6 is 22.7 Å². The summed E-state index contributed by atoms with van der Waals surface area (Å²) in [5.74, 6) is -0.194. The molecule has 0 saturated carbocycles. The summed E-state index contributed by atoms with van der Waals surface area (Å²) in [5, 5.41) is 7.66. The van der Waals surface area contributed by atoms with Gasteiger partial charge in [-0.25, -0.2) is 0 Å². The number of hydrogen-bond acceptors (Lipinski definition) is 4. The average molecular weight is 383 g/mol. The van der Waals surface area contributed by atoms with E-state index >= 15 is 0 Å². The molecule has 2 heterocycles. The van der Waals surface area contributed by atoms with E-state index in [1.54, 1.807) is 41.7 Å². The lowest BCUT2D eigenvalue weighted by Gasteiger charge is -2.08. The van der Waals surface area contributed by atoms with Gasteiger partial charge in [0.2, 0.25) is 0 Å². The molecule has 1 aliphatic carbocycles. The van der Waals surface area contributed by atoms with Gasteiger partial charge in [-0.05, 0) is 73.0 Å². The van der Waals surface area contributed by atoms with Crippen LogP contribution in [-0.4, -0.2) is 11.8 Å². The van der Waals surface area contributed by atoms with Crippen LogP contribution in [0, 0.1) is 0 Å². The number of hydrogen-bond donors (Lipinski definition) is 2. The van der Waals surface area contributed by atoms with Crippen molar-refractivity contribution in [1.29, 1.82) is 0 Å².